The van der Waals surface area contributed by atoms with Crippen molar-refractivity contribution in [3.63, 3.8) is 0 Å². The summed E-state index contributed by atoms with van der Waals surface area (Å²) in [7, 11) is 0. The van der Waals surface area contributed by atoms with Crippen LogP contribution in [-0.4, -0.2) is 143 Å². The molecule has 1 aliphatic carbocycles. The van der Waals surface area contributed by atoms with Gasteiger partial charge in [0.15, 0.2) is 5.82 Å². The molecule has 11 rings (SSSR count). The van der Waals surface area contributed by atoms with Crippen molar-refractivity contribution in [2.24, 2.45) is 11.3 Å². The number of piperidine rings is 1. The van der Waals surface area contributed by atoms with Gasteiger partial charge in [0.1, 0.15) is 22.8 Å². The highest BCUT2D eigenvalue weighted by Gasteiger charge is 2.45. The molecule has 368 valence electrons. The van der Waals surface area contributed by atoms with Gasteiger partial charge in [0.05, 0.1) is 22.7 Å². The number of likely N-dealkylation sites (tertiary alicyclic amines) is 1. The molecule has 5 aromatic rings. The molecular weight excluding hydrogens is 911 g/mol. The summed E-state index contributed by atoms with van der Waals surface area (Å²) in [6, 6.07) is 14.6. The molecule has 3 aromatic carbocycles. The van der Waals surface area contributed by atoms with Gasteiger partial charge >= 0.3 is 12.0 Å². The fraction of sp³-hybridized carbons (Fsp3) is 0.509. The van der Waals surface area contributed by atoms with Crippen molar-refractivity contribution < 1.29 is 28.6 Å². The van der Waals surface area contributed by atoms with E-state index in [0.29, 0.717) is 70.7 Å². The number of hydrogen-bond donors (Lipinski definition) is 3. The number of ether oxygens (including phenoxy) is 1. The van der Waals surface area contributed by atoms with Gasteiger partial charge in [-0.25, -0.2) is 9.18 Å². The Morgan fingerprint density at radius 3 is 2.46 bits per heavy atom. The van der Waals surface area contributed by atoms with Crippen molar-refractivity contribution in [2.75, 3.05) is 88.4 Å². The Balaban J connectivity index is 0.687. The van der Waals surface area contributed by atoms with E-state index < -0.39 is 11.8 Å². The Morgan fingerprint density at radius 2 is 1.71 bits per heavy atom. The van der Waals surface area contributed by atoms with Crippen LogP contribution in [0.15, 0.2) is 54.7 Å². The van der Waals surface area contributed by atoms with E-state index in [2.05, 4.69) is 32.3 Å². The number of halogens is 2. The van der Waals surface area contributed by atoms with Gasteiger partial charge in [-0.3, -0.25) is 24.8 Å². The predicted molar refractivity (Wildman–Crippen MR) is 268 cm³/mol. The molecular formula is C53H62ClFN10O5. The molecule has 0 spiro atoms. The number of nitrogens with one attached hydrogen (secondary N) is 2. The van der Waals surface area contributed by atoms with Gasteiger partial charge in [-0.15, -0.1) is 0 Å². The number of carbonyl (C=O) groups is 3. The Hall–Kier alpha value is -5.68. The first kappa shape index (κ1) is 46.7. The molecule has 70 heavy (non-hydrogen) atoms. The van der Waals surface area contributed by atoms with Crippen LogP contribution in [0, 0.1) is 17.2 Å². The number of aromatic nitrogens is 3. The number of rotatable bonds is 14. The minimum absolute atomic E-state index is 0.00532. The van der Waals surface area contributed by atoms with E-state index in [1.54, 1.807) is 36.5 Å². The summed E-state index contributed by atoms with van der Waals surface area (Å²) < 4.78 is 23.7. The third kappa shape index (κ3) is 9.59. The van der Waals surface area contributed by atoms with Crippen molar-refractivity contribution >= 4 is 62.6 Å². The van der Waals surface area contributed by atoms with Crippen molar-refractivity contribution in [3.8, 4) is 23.0 Å². The zero-order chi connectivity index (χ0) is 48.1. The van der Waals surface area contributed by atoms with Gasteiger partial charge in [-0.1, -0.05) is 36.7 Å². The number of imide groups is 1. The Morgan fingerprint density at radius 1 is 0.943 bits per heavy atom. The molecule has 2 unspecified atom stereocenters. The van der Waals surface area contributed by atoms with E-state index in [-0.39, 0.29) is 53.2 Å². The van der Waals surface area contributed by atoms with Crippen molar-refractivity contribution in [1.82, 2.24) is 40.3 Å². The molecule has 6 fully saturated rings. The van der Waals surface area contributed by atoms with Gasteiger partial charge in [-0.2, -0.15) is 9.97 Å². The maximum Gasteiger partial charge on any atom is 0.328 e. The summed E-state index contributed by atoms with van der Waals surface area (Å²) in [5, 5.41) is 19.4. The van der Waals surface area contributed by atoms with E-state index in [1.165, 1.54) is 4.90 Å². The average molecular weight is 974 g/mol. The van der Waals surface area contributed by atoms with Crippen LogP contribution < -0.4 is 25.2 Å². The Kier molecular flexibility index (Phi) is 13.0. The van der Waals surface area contributed by atoms with Crippen LogP contribution in [0.5, 0.6) is 11.8 Å². The van der Waals surface area contributed by atoms with Gasteiger partial charge in [-0.05, 0) is 117 Å². The monoisotopic (exact) mass is 972 g/mol. The van der Waals surface area contributed by atoms with Crippen LogP contribution in [0.1, 0.15) is 80.6 Å². The molecule has 1 saturated carbocycles. The number of nitrogens with zero attached hydrogens (tertiary/aromatic N) is 8. The first-order valence-electron chi connectivity index (χ1n) is 25.4. The van der Waals surface area contributed by atoms with E-state index >= 15 is 4.39 Å². The Labute approximate surface area is 412 Å². The lowest BCUT2D eigenvalue weighted by Gasteiger charge is -2.37. The number of aromatic hydroxyl groups is 1. The van der Waals surface area contributed by atoms with Gasteiger partial charge < -0.3 is 34.8 Å². The number of benzene rings is 3. The minimum atomic E-state index is -0.545. The Bertz CT molecular complexity index is 2820. The number of piperazine rings is 2. The topological polar surface area (TPSA) is 160 Å². The summed E-state index contributed by atoms with van der Waals surface area (Å²) in [4.78, 5) is 62.9. The third-order valence-electron chi connectivity index (χ3n) is 15.9. The zero-order valence-electron chi connectivity index (χ0n) is 39.9. The molecule has 2 aromatic heterocycles. The lowest BCUT2D eigenvalue weighted by molar-refractivity contribution is -0.120. The maximum absolute atomic E-state index is 17.2. The summed E-state index contributed by atoms with van der Waals surface area (Å²) >= 11 is 6.43. The number of hydrogen-bond acceptors (Lipinski definition) is 12. The lowest BCUT2D eigenvalue weighted by atomic mass is 9.91. The second kappa shape index (κ2) is 19.5. The predicted octanol–water partition coefficient (Wildman–Crippen LogP) is 7.40. The summed E-state index contributed by atoms with van der Waals surface area (Å²) in [5.74, 6) is 0.357. The summed E-state index contributed by atoms with van der Waals surface area (Å²) in [5.41, 5.74) is 2.85. The quantitative estimate of drug-likeness (QED) is 0.101. The summed E-state index contributed by atoms with van der Waals surface area (Å²) in [6.07, 6.45) is 11.1. The van der Waals surface area contributed by atoms with Crippen LogP contribution >= 0.6 is 11.6 Å². The molecule has 15 nitrogen and oxygen atoms in total. The van der Waals surface area contributed by atoms with E-state index in [1.807, 2.05) is 23.1 Å². The number of urea groups is 1. The van der Waals surface area contributed by atoms with Gasteiger partial charge in [0.25, 0.3) is 5.91 Å². The number of aryl methyl sites for hydroxylation is 1. The molecule has 4 amide bonds. The SMILES string of the molecule is CCc1cccc2cc(O)cc(-c3ncc4c(N5CC6CCC(C5)N6)nc(OCC5(CN6CCN(CCCC7CCN(C(=O)c8ccc(Cl)c(N9CCC(=O)NC9=O)c8)CC7)CC6)CC5)nc4c3F)c12. The molecule has 17 heteroatoms. The van der Waals surface area contributed by atoms with Crippen LogP contribution in [0.2, 0.25) is 5.02 Å². The van der Waals surface area contributed by atoms with E-state index in [9.17, 15) is 19.5 Å². The number of phenolic OH excluding ortho intramolecular Hbond substituents is 1. The molecule has 3 N–H and O–H groups in total. The number of amides is 4. The van der Waals surface area contributed by atoms with E-state index in [0.717, 1.165) is 126 Å². The number of phenols is 1. The van der Waals surface area contributed by atoms with Crippen LogP contribution in [0.3, 0.4) is 0 Å². The largest absolute Gasteiger partial charge is 0.508 e. The lowest BCUT2D eigenvalue weighted by Crippen LogP contribution is -2.51. The maximum atomic E-state index is 17.2. The second-order valence-corrected chi connectivity index (χ2v) is 21.0. The average Bonchev–Trinajstić information content (AvgIpc) is 4.05. The van der Waals surface area contributed by atoms with Crippen molar-refractivity contribution in [1.29, 1.82) is 0 Å². The number of pyridine rings is 1. The second-order valence-electron chi connectivity index (χ2n) is 20.6. The highest BCUT2D eigenvalue weighted by Crippen LogP contribution is 2.47. The van der Waals surface area contributed by atoms with E-state index in [4.69, 9.17) is 31.3 Å². The molecule has 5 aliphatic heterocycles. The fourth-order valence-corrected chi connectivity index (χ4v) is 11.9. The zero-order valence-corrected chi connectivity index (χ0v) is 40.7. The van der Waals surface area contributed by atoms with Gasteiger partial charge in [0, 0.05) is 107 Å². The molecule has 2 bridgehead atoms. The number of anilines is 2. The first-order valence-corrected chi connectivity index (χ1v) is 25.8. The first-order chi connectivity index (χ1) is 34.0. The highest BCUT2D eigenvalue weighted by atomic mass is 35.5. The minimum Gasteiger partial charge on any atom is -0.508 e. The smallest absolute Gasteiger partial charge is 0.328 e. The van der Waals surface area contributed by atoms with Crippen LogP contribution in [-0.2, 0) is 11.2 Å². The van der Waals surface area contributed by atoms with Crippen molar-refractivity contribution in [3.05, 3.63) is 76.7 Å². The van der Waals surface area contributed by atoms with Crippen molar-refractivity contribution in [2.45, 2.75) is 83.2 Å². The molecule has 6 aliphatic rings. The number of fused-ring (bicyclic) bond motifs is 4. The highest BCUT2D eigenvalue weighted by molar-refractivity contribution is 6.34. The van der Waals surface area contributed by atoms with Crippen LogP contribution in [0.4, 0.5) is 20.7 Å². The molecule has 2 atom stereocenters. The van der Waals surface area contributed by atoms with Gasteiger partial charge in [0.2, 0.25) is 5.91 Å². The molecule has 5 saturated heterocycles. The number of carbonyl (C=O) groups excluding carboxylic acids is 3. The fourth-order valence-electron chi connectivity index (χ4n) is 11.7. The molecule has 0 radical (unpaired) electrons. The normalized spacial score (nSPS) is 22.0. The third-order valence-corrected chi connectivity index (χ3v) is 16.2. The molecule has 7 heterocycles. The van der Waals surface area contributed by atoms with Crippen LogP contribution in [0.25, 0.3) is 32.9 Å². The standard InChI is InChI=1S/C53H62ClFN10O5/c1-2-34-6-3-7-35-25-39(66)27-40(45(34)35)47-46(55)48-41(28-56-47)49(64-29-37-9-10-38(30-64)57-37)60-51(59-48)70-32-53(15-16-53)31-62-23-21-61(22-24-62)17-4-5-33-12-18-63(19-13-33)50(68)36-8-11-42(54)43(26-36)65-20-14-44(67)58-52(65)69/h3,6-8,11,25-28,33,37-38,57,66H,2,4-5,9-10,12-24,29-32H2,1H3,(H,58,67,69). The summed E-state index contributed by atoms with van der Waals surface area (Å²) in [6.45, 7) is 11.7.